The minimum Gasteiger partial charge on any atom is -0.345 e. The standard InChI is InChI=1S/C13H27N3O/c1-5-16(4)12(17)10-14-11-13(2)6-8-15(3)9-7-13/h14H,5-11H2,1-4H3. The molecular formula is C13H27N3O. The zero-order valence-electron chi connectivity index (χ0n) is 11.8. The van der Waals surface area contributed by atoms with Crippen molar-refractivity contribution < 1.29 is 4.79 Å². The average molecular weight is 241 g/mol. The average Bonchev–Trinajstić information content (AvgIpc) is 2.32. The van der Waals surface area contributed by atoms with Gasteiger partial charge >= 0.3 is 0 Å². The Balaban J connectivity index is 2.24. The van der Waals surface area contributed by atoms with E-state index in [0.29, 0.717) is 12.0 Å². The van der Waals surface area contributed by atoms with Gasteiger partial charge in [0.15, 0.2) is 0 Å². The fourth-order valence-electron chi connectivity index (χ4n) is 2.12. The Bertz CT molecular complexity index is 247. The molecule has 0 saturated carbocycles. The number of carbonyl (C=O) groups excluding carboxylic acids is 1. The molecule has 1 heterocycles. The van der Waals surface area contributed by atoms with Gasteiger partial charge in [-0.3, -0.25) is 4.79 Å². The molecule has 0 aromatic rings. The first-order valence-electron chi connectivity index (χ1n) is 6.60. The van der Waals surface area contributed by atoms with Crippen molar-refractivity contribution in [3.8, 4) is 0 Å². The fourth-order valence-corrected chi connectivity index (χ4v) is 2.12. The highest BCUT2D eigenvalue weighted by Crippen LogP contribution is 2.29. The van der Waals surface area contributed by atoms with Gasteiger partial charge in [0.05, 0.1) is 6.54 Å². The van der Waals surface area contributed by atoms with Crippen molar-refractivity contribution in [3.63, 3.8) is 0 Å². The van der Waals surface area contributed by atoms with Crippen molar-refractivity contribution in [1.82, 2.24) is 15.1 Å². The van der Waals surface area contributed by atoms with Crippen LogP contribution in [0.15, 0.2) is 0 Å². The summed E-state index contributed by atoms with van der Waals surface area (Å²) in [6.07, 6.45) is 2.43. The summed E-state index contributed by atoms with van der Waals surface area (Å²) in [6, 6.07) is 0. The minimum atomic E-state index is 0.184. The van der Waals surface area contributed by atoms with Gasteiger partial charge in [-0.15, -0.1) is 0 Å². The molecule has 0 aromatic carbocycles. The van der Waals surface area contributed by atoms with Gasteiger partial charge in [-0.25, -0.2) is 0 Å². The number of likely N-dealkylation sites (tertiary alicyclic amines) is 1. The van der Waals surface area contributed by atoms with E-state index in [1.54, 1.807) is 4.90 Å². The quantitative estimate of drug-likeness (QED) is 0.773. The lowest BCUT2D eigenvalue weighted by Gasteiger charge is -2.38. The van der Waals surface area contributed by atoms with Gasteiger partial charge in [0.25, 0.3) is 0 Å². The molecule has 1 N–H and O–H groups in total. The van der Waals surface area contributed by atoms with Crippen molar-refractivity contribution in [3.05, 3.63) is 0 Å². The van der Waals surface area contributed by atoms with Crippen LogP contribution in [0.1, 0.15) is 26.7 Å². The van der Waals surface area contributed by atoms with Crippen LogP contribution in [-0.4, -0.2) is 62.5 Å². The summed E-state index contributed by atoms with van der Waals surface area (Å²) >= 11 is 0. The van der Waals surface area contributed by atoms with E-state index in [2.05, 4.69) is 24.2 Å². The van der Waals surface area contributed by atoms with Crippen LogP contribution < -0.4 is 5.32 Å². The van der Waals surface area contributed by atoms with Gasteiger partial charge in [0, 0.05) is 20.1 Å². The summed E-state index contributed by atoms with van der Waals surface area (Å²) in [5.41, 5.74) is 0.359. The third-order valence-corrected chi connectivity index (χ3v) is 3.92. The highest BCUT2D eigenvalue weighted by molar-refractivity contribution is 5.77. The Hall–Kier alpha value is -0.610. The molecule has 0 atom stereocenters. The lowest BCUT2D eigenvalue weighted by atomic mass is 9.80. The van der Waals surface area contributed by atoms with Gasteiger partial charge in [0.2, 0.25) is 5.91 Å². The Labute approximate surface area is 105 Å². The van der Waals surface area contributed by atoms with Crippen LogP contribution in [-0.2, 0) is 4.79 Å². The Morgan fingerprint density at radius 3 is 2.53 bits per heavy atom. The molecule has 0 radical (unpaired) electrons. The SMILES string of the molecule is CCN(C)C(=O)CNCC1(C)CCN(C)CC1. The molecule has 1 amide bonds. The zero-order chi connectivity index (χ0) is 12.9. The molecule has 0 aromatic heterocycles. The first kappa shape index (κ1) is 14.5. The van der Waals surface area contributed by atoms with E-state index in [4.69, 9.17) is 0 Å². The molecule has 1 saturated heterocycles. The predicted molar refractivity (Wildman–Crippen MR) is 71.0 cm³/mol. The van der Waals surface area contributed by atoms with Gasteiger partial charge in [-0.05, 0) is 45.3 Å². The number of rotatable bonds is 5. The van der Waals surface area contributed by atoms with Crippen molar-refractivity contribution >= 4 is 5.91 Å². The molecule has 0 unspecified atom stereocenters. The number of piperidine rings is 1. The van der Waals surface area contributed by atoms with Gasteiger partial charge in [-0.2, -0.15) is 0 Å². The van der Waals surface area contributed by atoms with Crippen LogP contribution in [0.3, 0.4) is 0 Å². The minimum absolute atomic E-state index is 0.184. The third-order valence-electron chi connectivity index (χ3n) is 3.92. The van der Waals surface area contributed by atoms with E-state index in [1.807, 2.05) is 14.0 Å². The number of carbonyl (C=O) groups is 1. The summed E-state index contributed by atoms with van der Waals surface area (Å²) < 4.78 is 0. The molecule has 100 valence electrons. The van der Waals surface area contributed by atoms with Crippen molar-refractivity contribution in [1.29, 1.82) is 0 Å². The number of hydrogen-bond donors (Lipinski definition) is 1. The zero-order valence-corrected chi connectivity index (χ0v) is 11.8. The van der Waals surface area contributed by atoms with E-state index in [0.717, 1.165) is 13.1 Å². The van der Waals surface area contributed by atoms with Crippen LogP contribution in [0.2, 0.25) is 0 Å². The van der Waals surface area contributed by atoms with Crippen molar-refractivity contribution in [2.24, 2.45) is 5.41 Å². The summed E-state index contributed by atoms with van der Waals surface area (Å²) in [7, 11) is 4.02. The van der Waals surface area contributed by atoms with Gasteiger partial charge in [0.1, 0.15) is 0 Å². The third kappa shape index (κ3) is 4.64. The van der Waals surface area contributed by atoms with E-state index in [1.165, 1.54) is 25.9 Å². The first-order valence-corrected chi connectivity index (χ1v) is 6.60. The van der Waals surface area contributed by atoms with Crippen LogP contribution in [0.5, 0.6) is 0 Å². The normalized spacial score (nSPS) is 20.2. The molecule has 4 nitrogen and oxygen atoms in total. The van der Waals surface area contributed by atoms with E-state index < -0.39 is 0 Å². The van der Waals surface area contributed by atoms with Crippen LogP contribution >= 0.6 is 0 Å². The Morgan fingerprint density at radius 1 is 1.41 bits per heavy atom. The molecule has 0 bridgehead atoms. The number of amides is 1. The molecule has 1 fully saturated rings. The Kier molecular flexibility index (Phi) is 5.40. The van der Waals surface area contributed by atoms with Crippen LogP contribution in [0.25, 0.3) is 0 Å². The summed E-state index contributed by atoms with van der Waals surface area (Å²) in [6.45, 7) is 8.85. The van der Waals surface area contributed by atoms with Crippen LogP contribution in [0, 0.1) is 5.41 Å². The second kappa shape index (κ2) is 6.36. The molecule has 1 aliphatic heterocycles. The topological polar surface area (TPSA) is 35.6 Å². The number of nitrogens with one attached hydrogen (secondary N) is 1. The molecule has 0 spiro atoms. The summed E-state index contributed by atoms with van der Waals surface area (Å²) in [5.74, 6) is 0.184. The molecule has 4 heteroatoms. The Morgan fingerprint density at radius 2 is 2.00 bits per heavy atom. The number of hydrogen-bond acceptors (Lipinski definition) is 3. The lowest BCUT2D eigenvalue weighted by Crippen LogP contribution is -2.44. The number of likely N-dealkylation sites (N-methyl/N-ethyl adjacent to an activating group) is 1. The number of nitrogens with zero attached hydrogens (tertiary/aromatic N) is 2. The second-order valence-corrected chi connectivity index (χ2v) is 5.63. The summed E-state index contributed by atoms with van der Waals surface area (Å²) in [4.78, 5) is 15.8. The first-order chi connectivity index (χ1) is 7.97. The molecule has 1 rings (SSSR count). The van der Waals surface area contributed by atoms with E-state index in [-0.39, 0.29) is 5.91 Å². The monoisotopic (exact) mass is 241 g/mol. The van der Waals surface area contributed by atoms with E-state index in [9.17, 15) is 4.79 Å². The molecule has 17 heavy (non-hydrogen) atoms. The van der Waals surface area contributed by atoms with Crippen LogP contribution in [0.4, 0.5) is 0 Å². The lowest BCUT2D eigenvalue weighted by molar-refractivity contribution is -0.128. The highest BCUT2D eigenvalue weighted by Gasteiger charge is 2.28. The maximum Gasteiger partial charge on any atom is 0.236 e. The second-order valence-electron chi connectivity index (χ2n) is 5.63. The van der Waals surface area contributed by atoms with Crippen molar-refractivity contribution in [2.75, 3.05) is 46.8 Å². The maximum atomic E-state index is 11.6. The van der Waals surface area contributed by atoms with Crippen molar-refractivity contribution in [2.45, 2.75) is 26.7 Å². The fraction of sp³-hybridized carbons (Fsp3) is 0.923. The highest BCUT2D eigenvalue weighted by atomic mass is 16.2. The van der Waals surface area contributed by atoms with E-state index >= 15 is 0 Å². The van der Waals surface area contributed by atoms with Gasteiger partial charge in [-0.1, -0.05) is 6.92 Å². The molecule has 0 aliphatic carbocycles. The van der Waals surface area contributed by atoms with Gasteiger partial charge < -0.3 is 15.1 Å². The predicted octanol–water partition coefficient (Wildman–Crippen LogP) is 0.786. The maximum absolute atomic E-state index is 11.6. The smallest absolute Gasteiger partial charge is 0.236 e. The summed E-state index contributed by atoms with van der Waals surface area (Å²) in [5, 5.41) is 3.32. The largest absolute Gasteiger partial charge is 0.345 e. The molecular weight excluding hydrogens is 214 g/mol. The molecule has 1 aliphatic rings.